The molecule has 0 aliphatic carbocycles. The second-order valence-corrected chi connectivity index (χ2v) is 3.99. The predicted molar refractivity (Wildman–Crippen MR) is 63.4 cm³/mol. The van der Waals surface area contributed by atoms with Crippen LogP contribution < -0.4 is 0 Å². The molecule has 0 saturated carbocycles. The van der Waals surface area contributed by atoms with Crippen LogP contribution in [0, 0.1) is 11.3 Å². The topological polar surface area (TPSA) is 41.6 Å². The van der Waals surface area contributed by atoms with Crippen LogP contribution in [0.1, 0.15) is 5.69 Å². The van der Waals surface area contributed by atoms with E-state index in [2.05, 4.69) is 4.98 Å². The van der Waals surface area contributed by atoms with Gasteiger partial charge in [0.2, 0.25) is 0 Å². The maximum atomic E-state index is 8.90. The van der Waals surface area contributed by atoms with Crippen LogP contribution in [-0.4, -0.2) is 9.55 Å². The van der Waals surface area contributed by atoms with E-state index < -0.39 is 0 Å². The highest BCUT2D eigenvalue weighted by atomic mass is 35.5. The van der Waals surface area contributed by atoms with Crippen molar-refractivity contribution in [2.45, 2.75) is 0 Å². The third kappa shape index (κ3) is 1.67. The number of hydrogen-bond acceptors (Lipinski definition) is 2. The molecule has 0 unspecified atom stereocenters. The fourth-order valence-electron chi connectivity index (χ4n) is 1.47. The van der Waals surface area contributed by atoms with Crippen molar-refractivity contribution in [1.29, 1.82) is 5.26 Å². The number of imidazole rings is 1. The quantitative estimate of drug-likeness (QED) is 0.781. The average molecular weight is 252 g/mol. The second-order valence-electron chi connectivity index (χ2n) is 3.23. The number of benzene rings is 1. The predicted octanol–water partition coefficient (Wildman–Crippen LogP) is 3.27. The average Bonchev–Trinajstić information content (AvgIpc) is 2.55. The molecule has 0 N–H and O–H groups in total. The molecule has 5 heteroatoms. The fraction of sp³-hybridized carbons (Fsp3) is 0.0909. The molecule has 1 aromatic heterocycles. The SMILES string of the molecule is Cn1c(-c2ccccc2Cl)nc(Cl)c1C#N. The van der Waals surface area contributed by atoms with Crippen LogP contribution in [0.5, 0.6) is 0 Å². The molecule has 0 aliphatic rings. The third-order valence-corrected chi connectivity index (χ3v) is 2.87. The van der Waals surface area contributed by atoms with E-state index in [1.165, 1.54) is 0 Å². The van der Waals surface area contributed by atoms with E-state index >= 15 is 0 Å². The van der Waals surface area contributed by atoms with Gasteiger partial charge in [-0.25, -0.2) is 4.98 Å². The second kappa shape index (κ2) is 4.17. The number of nitriles is 1. The molecule has 0 atom stereocenters. The summed E-state index contributed by atoms with van der Waals surface area (Å²) in [4.78, 5) is 4.13. The lowest BCUT2D eigenvalue weighted by atomic mass is 10.2. The summed E-state index contributed by atoms with van der Waals surface area (Å²) < 4.78 is 1.63. The largest absolute Gasteiger partial charge is 0.318 e. The molecule has 0 amide bonds. The van der Waals surface area contributed by atoms with Crippen LogP contribution in [0.2, 0.25) is 10.2 Å². The van der Waals surface area contributed by atoms with Gasteiger partial charge >= 0.3 is 0 Å². The van der Waals surface area contributed by atoms with Crippen LogP contribution in [0.25, 0.3) is 11.4 Å². The first-order valence-corrected chi connectivity index (χ1v) is 5.28. The minimum Gasteiger partial charge on any atom is -0.318 e. The normalized spacial score (nSPS) is 10.1. The molecular formula is C11H7Cl2N3. The Morgan fingerprint density at radius 3 is 2.56 bits per heavy atom. The molecule has 3 nitrogen and oxygen atoms in total. The Morgan fingerprint density at radius 1 is 1.31 bits per heavy atom. The Labute approximate surface area is 103 Å². The van der Waals surface area contributed by atoms with Gasteiger partial charge in [0.05, 0.1) is 5.02 Å². The van der Waals surface area contributed by atoms with Crippen molar-refractivity contribution in [2.75, 3.05) is 0 Å². The maximum Gasteiger partial charge on any atom is 0.166 e. The Hall–Kier alpha value is -1.50. The molecule has 2 aromatic rings. The lowest BCUT2D eigenvalue weighted by molar-refractivity contribution is 0.907. The van der Waals surface area contributed by atoms with Crippen molar-refractivity contribution < 1.29 is 0 Å². The smallest absolute Gasteiger partial charge is 0.166 e. The zero-order valence-corrected chi connectivity index (χ0v) is 9.92. The number of rotatable bonds is 1. The molecular weight excluding hydrogens is 245 g/mol. The lowest BCUT2D eigenvalue weighted by Gasteiger charge is -2.03. The molecule has 1 heterocycles. The van der Waals surface area contributed by atoms with Crippen molar-refractivity contribution in [3.05, 3.63) is 40.1 Å². The summed E-state index contributed by atoms with van der Waals surface area (Å²) in [7, 11) is 1.73. The number of halogens is 2. The van der Waals surface area contributed by atoms with Crippen molar-refractivity contribution in [3.8, 4) is 17.5 Å². The monoisotopic (exact) mass is 251 g/mol. The molecule has 0 radical (unpaired) electrons. The first-order chi connectivity index (χ1) is 7.65. The van der Waals surface area contributed by atoms with Crippen LogP contribution >= 0.6 is 23.2 Å². The van der Waals surface area contributed by atoms with Gasteiger partial charge in [0.1, 0.15) is 11.9 Å². The maximum absolute atomic E-state index is 8.90. The van der Waals surface area contributed by atoms with Crippen molar-refractivity contribution >= 4 is 23.2 Å². The molecule has 0 fully saturated rings. The van der Waals surface area contributed by atoms with Crippen molar-refractivity contribution in [1.82, 2.24) is 9.55 Å². The van der Waals surface area contributed by atoms with Crippen molar-refractivity contribution in [2.24, 2.45) is 7.05 Å². The molecule has 2 rings (SSSR count). The summed E-state index contributed by atoms with van der Waals surface area (Å²) in [5.74, 6) is 0.590. The molecule has 0 spiro atoms. The van der Waals surface area contributed by atoms with Gasteiger partial charge in [-0.2, -0.15) is 5.26 Å². The summed E-state index contributed by atoms with van der Waals surface area (Å²) in [5, 5.41) is 9.68. The number of aromatic nitrogens is 2. The van der Waals surface area contributed by atoms with Gasteiger partial charge in [0.15, 0.2) is 10.8 Å². The highest BCUT2D eigenvalue weighted by molar-refractivity contribution is 6.33. The lowest BCUT2D eigenvalue weighted by Crippen LogP contribution is -1.95. The highest BCUT2D eigenvalue weighted by Crippen LogP contribution is 2.29. The fourth-order valence-corrected chi connectivity index (χ4v) is 1.94. The standard InChI is InChI=1S/C11H7Cl2N3/c1-16-9(6-14)10(13)15-11(16)7-4-2-3-5-8(7)12/h2-5H,1H3. The molecule has 80 valence electrons. The van der Waals surface area contributed by atoms with Crippen LogP contribution in [0.15, 0.2) is 24.3 Å². The van der Waals surface area contributed by atoms with Gasteiger partial charge in [0, 0.05) is 12.6 Å². The first-order valence-electron chi connectivity index (χ1n) is 4.52. The third-order valence-electron chi connectivity index (χ3n) is 2.27. The summed E-state index contributed by atoms with van der Waals surface area (Å²) >= 11 is 11.9. The van der Waals surface area contributed by atoms with Gasteiger partial charge in [0.25, 0.3) is 0 Å². The van der Waals surface area contributed by atoms with Crippen molar-refractivity contribution in [3.63, 3.8) is 0 Å². The van der Waals surface area contributed by atoms with Gasteiger partial charge in [-0.3, -0.25) is 0 Å². The Kier molecular flexibility index (Phi) is 2.86. The summed E-state index contributed by atoms with van der Waals surface area (Å²) in [5.41, 5.74) is 1.09. The van der Waals surface area contributed by atoms with Gasteiger partial charge in [-0.1, -0.05) is 35.3 Å². The van der Waals surface area contributed by atoms with E-state index in [1.54, 1.807) is 17.7 Å². The Balaban J connectivity index is 2.68. The summed E-state index contributed by atoms with van der Waals surface area (Å²) in [6.45, 7) is 0. The minimum absolute atomic E-state index is 0.194. The van der Waals surface area contributed by atoms with E-state index in [9.17, 15) is 0 Å². The van der Waals surface area contributed by atoms with Crippen LogP contribution in [-0.2, 0) is 7.05 Å². The van der Waals surface area contributed by atoms with Crippen LogP contribution in [0.4, 0.5) is 0 Å². The van der Waals surface area contributed by atoms with Gasteiger partial charge in [-0.05, 0) is 12.1 Å². The summed E-state index contributed by atoms with van der Waals surface area (Å²) in [6.07, 6.45) is 0. The zero-order valence-electron chi connectivity index (χ0n) is 8.41. The zero-order chi connectivity index (χ0) is 11.7. The Morgan fingerprint density at radius 2 is 2.00 bits per heavy atom. The van der Waals surface area contributed by atoms with Gasteiger partial charge in [-0.15, -0.1) is 0 Å². The number of hydrogen-bond donors (Lipinski definition) is 0. The molecule has 0 saturated heterocycles. The summed E-state index contributed by atoms with van der Waals surface area (Å²) in [6, 6.07) is 9.30. The molecule has 1 aromatic carbocycles. The minimum atomic E-state index is 0.194. The highest BCUT2D eigenvalue weighted by Gasteiger charge is 2.15. The van der Waals surface area contributed by atoms with E-state index in [0.29, 0.717) is 16.5 Å². The van der Waals surface area contributed by atoms with Crippen LogP contribution in [0.3, 0.4) is 0 Å². The van der Waals surface area contributed by atoms with Gasteiger partial charge < -0.3 is 4.57 Å². The van der Waals surface area contributed by atoms with E-state index in [0.717, 1.165) is 5.56 Å². The Bertz CT molecular complexity index is 581. The van der Waals surface area contributed by atoms with E-state index in [1.807, 2.05) is 24.3 Å². The first kappa shape index (κ1) is 11.0. The number of nitrogens with zero attached hydrogens (tertiary/aromatic N) is 3. The molecule has 16 heavy (non-hydrogen) atoms. The molecule has 0 bridgehead atoms. The molecule has 0 aliphatic heterocycles. The van der Waals surface area contributed by atoms with E-state index in [4.69, 9.17) is 28.5 Å². The van der Waals surface area contributed by atoms with E-state index in [-0.39, 0.29) is 5.15 Å².